The Morgan fingerprint density at radius 2 is 1.53 bits per heavy atom. The second kappa shape index (κ2) is 3.24. The van der Waals surface area contributed by atoms with Gasteiger partial charge in [0.15, 0.2) is 0 Å². The quantitative estimate of drug-likeness (QED) is 0.624. The molecule has 1 heterocycles. The van der Waals surface area contributed by atoms with Crippen molar-refractivity contribution in [2.24, 2.45) is 14.1 Å². The third-order valence-electron chi connectivity index (χ3n) is 2.45. The van der Waals surface area contributed by atoms with E-state index in [0.29, 0.717) is 16.1 Å². The van der Waals surface area contributed by atoms with Crippen LogP contribution in [-0.4, -0.2) is 9.13 Å². The maximum atomic E-state index is 11.5. The summed E-state index contributed by atoms with van der Waals surface area (Å²) in [5.74, 6) is 0. The molecule has 0 N–H and O–H groups in total. The molecule has 0 aliphatic heterocycles. The predicted molar refractivity (Wildman–Crippen MR) is 59.4 cm³/mol. The molecule has 1 aromatic carbocycles. The summed E-state index contributed by atoms with van der Waals surface area (Å²) in [6, 6.07) is 5.07. The predicted octanol–water partition coefficient (Wildman–Crippen LogP) is 0.891. The Labute approximate surface area is 90.3 Å². The summed E-state index contributed by atoms with van der Waals surface area (Å²) in [5, 5.41) is 0.538. The number of aromatic nitrogens is 2. The first-order valence-corrected chi connectivity index (χ1v) is 4.75. The summed E-state index contributed by atoms with van der Waals surface area (Å²) >= 11 is 5.83. The number of fused-ring (bicyclic) bond motifs is 1. The lowest BCUT2D eigenvalue weighted by atomic mass is 10.3. The maximum Gasteiger partial charge on any atom is 0.316 e. The average molecular weight is 225 g/mol. The van der Waals surface area contributed by atoms with Crippen LogP contribution in [0.5, 0.6) is 0 Å². The minimum absolute atomic E-state index is 0.535. The van der Waals surface area contributed by atoms with Gasteiger partial charge in [0.05, 0.1) is 11.0 Å². The third kappa shape index (κ3) is 1.37. The molecule has 0 unspecified atom stereocenters. The van der Waals surface area contributed by atoms with Crippen molar-refractivity contribution in [1.82, 2.24) is 9.13 Å². The zero-order chi connectivity index (χ0) is 11.2. The number of aryl methyl sites for hydroxylation is 2. The van der Waals surface area contributed by atoms with Gasteiger partial charge < -0.3 is 9.13 Å². The van der Waals surface area contributed by atoms with Crippen LogP contribution in [0.1, 0.15) is 0 Å². The third-order valence-corrected chi connectivity index (χ3v) is 2.69. The van der Waals surface area contributed by atoms with Gasteiger partial charge in [0.2, 0.25) is 0 Å². The van der Waals surface area contributed by atoms with Crippen molar-refractivity contribution in [3.63, 3.8) is 0 Å². The van der Waals surface area contributed by atoms with Crippen LogP contribution in [0.3, 0.4) is 0 Å². The van der Waals surface area contributed by atoms with E-state index in [-0.39, 0.29) is 0 Å². The highest BCUT2D eigenvalue weighted by Crippen LogP contribution is 2.15. The van der Waals surface area contributed by atoms with Crippen molar-refractivity contribution >= 4 is 22.6 Å². The Morgan fingerprint density at radius 3 is 2.13 bits per heavy atom. The summed E-state index contributed by atoms with van der Waals surface area (Å²) in [7, 11) is 3.13. The fourth-order valence-electron chi connectivity index (χ4n) is 1.55. The molecule has 2 aromatic rings. The standard InChI is InChI=1S/C10H9ClN2O2/c1-12-7-4-3-6(11)5-8(7)13(2)10(15)9(12)14/h3-5H,1-2H3. The summed E-state index contributed by atoms with van der Waals surface area (Å²) in [4.78, 5) is 23.0. The van der Waals surface area contributed by atoms with E-state index in [1.54, 1.807) is 32.3 Å². The van der Waals surface area contributed by atoms with Gasteiger partial charge in [0, 0.05) is 19.1 Å². The lowest BCUT2D eigenvalue weighted by molar-refractivity contribution is 0.799. The molecule has 0 amide bonds. The summed E-state index contributed by atoms with van der Waals surface area (Å²) in [6.07, 6.45) is 0. The summed E-state index contributed by atoms with van der Waals surface area (Å²) in [5.41, 5.74) is 0.251. The van der Waals surface area contributed by atoms with Gasteiger partial charge in [0.25, 0.3) is 0 Å². The number of hydrogen-bond donors (Lipinski definition) is 0. The molecular weight excluding hydrogens is 216 g/mol. The van der Waals surface area contributed by atoms with Crippen LogP contribution in [-0.2, 0) is 14.1 Å². The van der Waals surface area contributed by atoms with Crippen LogP contribution in [0.15, 0.2) is 27.8 Å². The van der Waals surface area contributed by atoms with Gasteiger partial charge in [-0.3, -0.25) is 9.59 Å². The molecule has 0 spiro atoms. The molecule has 0 aliphatic carbocycles. The van der Waals surface area contributed by atoms with Crippen LogP contribution in [0, 0.1) is 0 Å². The lowest BCUT2D eigenvalue weighted by Gasteiger charge is -2.08. The van der Waals surface area contributed by atoms with E-state index in [4.69, 9.17) is 11.6 Å². The van der Waals surface area contributed by atoms with Crippen molar-refractivity contribution in [3.8, 4) is 0 Å². The fourth-order valence-corrected chi connectivity index (χ4v) is 1.72. The van der Waals surface area contributed by atoms with Crippen LogP contribution >= 0.6 is 11.6 Å². The van der Waals surface area contributed by atoms with Crippen molar-refractivity contribution in [2.45, 2.75) is 0 Å². The molecule has 0 saturated heterocycles. The molecule has 0 saturated carbocycles. The minimum atomic E-state index is -0.549. The van der Waals surface area contributed by atoms with Crippen LogP contribution in [0.4, 0.5) is 0 Å². The van der Waals surface area contributed by atoms with Gasteiger partial charge in [-0.15, -0.1) is 0 Å². The smallest absolute Gasteiger partial charge is 0.305 e. The zero-order valence-electron chi connectivity index (χ0n) is 8.32. The molecule has 0 aliphatic rings. The van der Waals surface area contributed by atoms with E-state index >= 15 is 0 Å². The Balaban J connectivity index is 3.15. The number of halogens is 1. The fraction of sp³-hybridized carbons (Fsp3) is 0.200. The summed E-state index contributed by atoms with van der Waals surface area (Å²) < 4.78 is 2.64. The van der Waals surface area contributed by atoms with Crippen molar-refractivity contribution in [1.29, 1.82) is 0 Å². The highest BCUT2D eigenvalue weighted by Gasteiger charge is 2.07. The number of nitrogens with zero attached hydrogens (tertiary/aromatic N) is 2. The normalized spacial score (nSPS) is 10.9. The van der Waals surface area contributed by atoms with Crippen molar-refractivity contribution in [2.75, 3.05) is 0 Å². The van der Waals surface area contributed by atoms with Crippen molar-refractivity contribution in [3.05, 3.63) is 43.9 Å². The van der Waals surface area contributed by atoms with Gasteiger partial charge in [0.1, 0.15) is 0 Å². The Bertz CT molecular complexity index is 655. The first kappa shape index (κ1) is 9.98. The van der Waals surface area contributed by atoms with E-state index in [1.807, 2.05) is 0 Å². The maximum absolute atomic E-state index is 11.5. The molecule has 0 fully saturated rings. The van der Waals surface area contributed by atoms with E-state index in [9.17, 15) is 9.59 Å². The van der Waals surface area contributed by atoms with E-state index in [1.165, 1.54) is 9.13 Å². The summed E-state index contributed by atoms with van der Waals surface area (Å²) in [6.45, 7) is 0. The second-order valence-corrected chi connectivity index (χ2v) is 3.80. The van der Waals surface area contributed by atoms with Gasteiger partial charge >= 0.3 is 11.1 Å². The Morgan fingerprint density at radius 1 is 1.00 bits per heavy atom. The molecule has 78 valence electrons. The van der Waals surface area contributed by atoms with Gasteiger partial charge in [-0.1, -0.05) is 11.6 Å². The molecule has 15 heavy (non-hydrogen) atoms. The van der Waals surface area contributed by atoms with Gasteiger partial charge in [-0.05, 0) is 18.2 Å². The van der Waals surface area contributed by atoms with Gasteiger partial charge in [-0.2, -0.15) is 0 Å². The number of rotatable bonds is 0. The highest BCUT2D eigenvalue weighted by atomic mass is 35.5. The first-order chi connectivity index (χ1) is 7.02. The second-order valence-electron chi connectivity index (χ2n) is 3.36. The topological polar surface area (TPSA) is 44.0 Å². The molecule has 0 radical (unpaired) electrons. The largest absolute Gasteiger partial charge is 0.316 e. The van der Waals surface area contributed by atoms with Crippen LogP contribution in [0.2, 0.25) is 5.02 Å². The first-order valence-electron chi connectivity index (χ1n) is 4.37. The average Bonchev–Trinajstić information content (AvgIpc) is 2.23. The minimum Gasteiger partial charge on any atom is -0.305 e. The highest BCUT2D eigenvalue weighted by molar-refractivity contribution is 6.31. The van der Waals surface area contributed by atoms with E-state index < -0.39 is 11.1 Å². The molecule has 2 rings (SSSR count). The molecule has 1 aromatic heterocycles. The van der Waals surface area contributed by atoms with Crippen LogP contribution < -0.4 is 11.1 Å². The number of benzene rings is 1. The van der Waals surface area contributed by atoms with Crippen molar-refractivity contribution < 1.29 is 0 Å². The number of hydrogen-bond acceptors (Lipinski definition) is 2. The molecular formula is C10H9ClN2O2. The SMILES string of the molecule is Cn1c(=O)c(=O)n(C)c2cc(Cl)ccc21. The van der Waals surface area contributed by atoms with Crippen LogP contribution in [0.25, 0.3) is 11.0 Å². The Hall–Kier alpha value is -1.55. The molecule has 5 heteroatoms. The monoisotopic (exact) mass is 224 g/mol. The molecule has 0 atom stereocenters. The molecule has 4 nitrogen and oxygen atoms in total. The Kier molecular flexibility index (Phi) is 2.16. The lowest BCUT2D eigenvalue weighted by Crippen LogP contribution is -2.39. The van der Waals surface area contributed by atoms with E-state index in [0.717, 1.165) is 0 Å². The zero-order valence-corrected chi connectivity index (χ0v) is 9.08. The van der Waals surface area contributed by atoms with Gasteiger partial charge in [-0.25, -0.2) is 0 Å². The molecule has 0 bridgehead atoms. The van der Waals surface area contributed by atoms with E-state index in [2.05, 4.69) is 0 Å².